The van der Waals surface area contributed by atoms with Crippen molar-refractivity contribution in [3.63, 3.8) is 0 Å². The molecule has 2 aliphatic heterocycles. The molecule has 0 aromatic heterocycles. The number of amides is 1. The summed E-state index contributed by atoms with van der Waals surface area (Å²) in [6.45, 7) is 5.79. The number of carbonyl (C=O) groups is 2. The Bertz CT molecular complexity index is 691. The van der Waals surface area contributed by atoms with Gasteiger partial charge in [-0.25, -0.2) is 4.79 Å². The van der Waals surface area contributed by atoms with E-state index in [1.807, 2.05) is 35.2 Å². The van der Waals surface area contributed by atoms with Gasteiger partial charge in [0.1, 0.15) is 0 Å². The summed E-state index contributed by atoms with van der Waals surface area (Å²) < 4.78 is 43.0. The van der Waals surface area contributed by atoms with Gasteiger partial charge in [-0.3, -0.25) is 4.79 Å². The maximum atomic E-state index is 12.7. The SMILES string of the molecule is COCCN1CCC2(CC1)CN(C(=O)c1ccccc1)CCO2.O=C(O)C(F)(F)F. The number of carboxylic acid groups (broad SMARTS) is 1. The smallest absolute Gasteiger partial charge is 0.475 e. The minimum atomic E-state index is -5.08. The summed E-state index contributed by atoms with van der Waals surface area (Å²) in [7, 11) is 1.74. The van der Waals surface area contributed by atoms with Gasteiger partial charge in [0, 0.05) is 38.9 Å². The number of ether oxygens (including phenoxy) is 2. The van der Waals surface area contributed by atoms with E-state index < -0.39 is 12.1 Å². The van der Waals surface area contributed by atoms with Gasteiger partial charge in [-0.05, 0) is 25.0 Å². The lowest BCUT2D eigenvalue weighted by Gasteiger charge is -2.47. The second-order valence-electron chi connectivity index (χ2n) is 7.26. The number of carboxylic acids is 1. The largest absolute Gasteiger partial charge is 0.490 e. The van der Waals surface area contributed by atoms with Crippen LogP contribution in [0, 0.1) is 0 Å². The maximum Gasteiger partial charge on any atom is 0.490 e. The van der Waals surface area contributed by atoms with E-state index in [9.17, 15) is 18.0 Å². The molecular formula is C20H27F3N2O5. The summed E-state index contributed by atoms with van der Waals surface area (Å²) in [5.41, 5.74) is 0.605. The summed E-state index contributed by atoms with van der Waals surface area (Å²) >= 11 is 0. The Hall–Kier alpha value is -2.17. The average molecular weight is 432 g/mol. The molecular weight excluding hydrogens is 405 g/mol. The summed E-state index contributed by atoms with van der Waals surface area (Å²) in [4.78, 5) is 25.9. The molecule has 2 aliphatic rings. The Morgan fingerprint density at radius 2 is 1.77 bits per heavy atom. The Balaban J connectivity index is 0.000000396. The van der Waals surface area contributed by atoms with Crippen LogP contribution in [0.2, 0.25) is 0 Å². The van der Waals surface area contributed by atoms with Crippen LogP contribution in [0.5, 0.6) is 0 Å². The second kappa shape index (κ2) is 10.7. The van der Waals surface area contributed by atoms with Crippen molar-refractivity contribution >= 4 is 11.9 Å². The van der Waals surface area contributed by atoms with Crippen molar-refractivity contribution in [2.75, 3.05) is 53.0 Å². The second-order valence-corrected chi connectivity index (χ2v) is 7.26. The third-order valence-electron chi connectivity index (χ3n) is 5.18. The first kappa shape index (κ1) is 24.1. The number of benzene rings is 1. The minimum absolute atomic E-state index is 0.120. The molecule has 2 fully saturated rings. The van der Waals surface area contributed by atoms with Crippen LogP contribution in [0.15, 0.2) is 30.3 Å². The number of carbonyl (C=O) groups excluding carboxylic acids is 1. The lowest BCUT2D eigenvalue weighted by Crippen LogP contribution is -2.58. The zero-order valence-electron chi connectivity index (χ0n) is 16.9. The summed E-state index contributed by atoms with van der Waals surface area (Å²) in [6, 6.07) is 9.54. The predicted molar refractivity (Wildman–Crippen MR) is 102 cm³/mol. The molecule has 1 spiro atoms. The minimum Gasteiger partial charge on any atom is -0.475 e. The molecule has 2 saturated heterocycles. The topological polar surface area (TPSA) is 79.3 Å². The summed E-state index contributed by atoms with van der Waals surface area (Å²) in [5.74, 6) is -2.64. The van der Waals surface area contributed by atoms with Gasteiger partial charge < -0.3 is 24.4 Å². The first-order valence-electron chi connectivity index (χ1n) is 9.66. The van der Waals surface area contributed by atoms with Crippen molar-refractivity contribution in [1.29, 1.82) is 0 Å². The van der Waals surface area contributed by atoms with E-state index in [0.717, 1.165) is 44.6 Å². The molecule has 0 saturated carbocycles. The molecule has 30 heavy (non-hydrogen) atoms. The Labute approximate surface area is 173 Å². The highest BCUT2D eigenvalue weighted by molar-refractivity contribution is 5.94. The van der Waals surface area contributed by atoms with Crippen molar-refractivity contribution in [3.05, 3.63) is 35.9 Å². The van der Waals surface area contributed by atoms with Gasteiger partial charge in [0.05, 0.1) is 25.4 Å². The van der Waals surface area contributed by atoms with E-state index in [-0.39, 0.29) is 11.5 Å². The zero-order chi connectivity index (χ0) is 22.2. The van der Waals surface area contributed by atoms with Crippen molar-refractivity contribution in [3.8, 4) is 0 Å². The average Bonchev–Trinajstić information content (AvgIpc) is 2.73. The van der Waals surface area contributed by atoms with Crippen LogP contribution in [-0.2, 0) is 14.3 Å². The number of hydrogen-bond acceptors (Lipinski definition) is 5. The van der Waals surface area contributed by atoms with Gasteiger partial charge in [0.25, 0.3) is 5.91 Å². The van der Waals surface area contributed by atoms with Gasteiger partial charge >= 0.3 is 12.1 Å². The molecule has 168 valence electrons. The fraction of sp³-hybridized carbons (Fsp3) is 0.600. The van der Waals surface area contributed by atoms with Gasteiger partial charge in [0.15, 0.2) is 0 Å². The Morgan fingerprint density at radius 1 is 1.17 bits per heavy atom. The summed E-state index contributed by atoms with van der Waals surface area (Å²) in [6.07, 6.45) is -3.12. The van der Waals surface area contributed by atoms with Crippen LogP contribution in [0.25, 0.3) is 0 Å². The predicted octanol–water partition coefficient (Wildman–Crippen LogP) is 2.27. The number of methoxy groups -OCH3 is 1. The van der Waals surface area contributed by atoms with E-state index in [0.29, 0.717) is 19.7 Å². The normalized spacial score (nSPS) is 19.1. The molecule has 0 atom stereocenters. The molecule has 1 aromatic rings. The Morgan fingerprint density at radius 3 is 2.30 bits per heavy atom. The number of hydrogen-bond donors (Lipinski definition) is 1. The van der Waals surface area contributed by atoms with E-state index in [1.165, 1.54) is 0 Å². The van der Waals surface area contributed by atoms with Crippen LogP contribution in [0.4, 0.5) is 13.2 Å². The third kappa shape index (κ3) is 6.96. The number of halogens is 3. The zero-order valence-corrected chi connectivity index (χ0v) is 16.9. The number of alkyl halides is 3. The number of rotatable bonds is 4. The fourth-order valence-electron chi connectivity index (χ4n) is 3.49. The van der Waals surface area contributed by atoms with Crippen LogP contribution in [-0.4, -0.2) is 91.6 Å². The lowest BCUT2D eigenvalue weighted by molar-refractivity contribution is -0.192. The molecule has 2 heterocycles. The number of nitrogens with zero attached hydrogens (tertiary/aromatic N) is 2. The standard InChI is InChI=1S/C18H26N2O3.C2HF3O2/c1-22-13-11-19-9-7-18(8-10-19)15-20(12-14-23-18)17(21)16-5-3-2-4-6-16;3-2(4,5)1(6)7/h2-6H,7-15H2,1H3;(H,6,7). The molecule has 10 heteroatoms. The van der Waals surface area contributed by atoms with Crippen molar-refractivity contribution < 1.29 is 37.3 Å². The summed E-state index contributed by atoms with van der Waals surface area (Å²) in [5, 5.41) is 7.12. The van der Waals surface area contributed by atoms with Gasteiger partial charge in [-0.2, -0.15) is 13.2 Å². The molecule has 0 bridgehead atoms. The molecule has 1 N–H and O–H groups in total. The molecule has 0 radical (unpaired) electrons. The van der Waals surface area contributed by atoms with Crippen molar-refractivity contribution in [2.45, 2.75) is 24.6 Å². The first-order valence-corrected chi connectivity index (χ1v) is 9.66. The Kier molecular flexibility index (Phi) is 8.63. The van der Waals surface area contributed by atoms with E-state index in [2.05, 4.69) is 4.90 Å². The molecule has 1 aromatic carbocycles. The highest BCUT2D eigenvalue weighted by Crippen LogP contribution is 2.30. The van der Waals surface area contributed by atoms with Crippen molar-refractivity contribution in [2.24, 2.45) is 0 Å². The number of aliphatic carboxylic acids is 1. The van der Waals surface area contributed by atoms with E-state index in [1.54, 1.807) is 7.11 Å². The monoisotopic (exact) mass is 432 g/mol. The quantitative estimate of drug-likeness (QED) is 0.787. The fourth-order valence-corrected chi connectivity index (χ4v) is 3.49. The van der Waals surface area contributed by atoms with Crippen LogP contribution in [0.3, 0.4) is 0 Å². The lowest BCUT2D eigenvalue weighted by atomic mass is 9.89. The van der Waals surface area contributed by atoms with Gasteiger partial charge in [-0.15, -0.1) is 0 Å². The molecule has 0 unspecified atom stereocenters. The van der Waals surface area contributed by atoms with Crippen LogP contribution in [0.1, 0.15) is 23.2 Å². The van der Waals surface area contributed by atoms with Crippen LogP contribution < -0.4 is 0 Å². The van der Waals surface area contributed by atoms with E-state index >= 15 is 0 Å². The maximum absolute atomic E-state index is 12.7. The molecule has 1 amide bonds. The van der Waals surface area contributed by atoms with Gasteiger partial charge in [-0.1, -0.05) is 18.2 Å². The highest BCUT2D eigenvalue weighted by atomic mass is 19.4. The van der Waals surface area contributed by atoms with Crippen molar-refractivity contribution in [1.82, 2.24) is 9.80 Å². The van der Waals surface area contributed by atoms with Gasteiger partial charge in [0.2, 0.25) is 0 Å². The molecule has 3 rings (SSSR count). The number of piperidine rings is 1. The first-order chi connectivity index (χ1) is 14.2. The molecule has 0 aliphatic carbocycles. The number of morpholine rings is 1. The number of likely N-dealkylation sites (tertiary alicyclic amines) is 1. The van der Waals surface area contributed by atoms with E-state index in [4.69, 9.17) is 19.4 Å². The highest BCUT2D eigenvalue weighted by Gasteiger charge is 2.41. The third-order valence-corrected chi connectivity index (χ3v) is 5.18. The van der Waals surface area contributed by atoms with Crippen LogP contribution >= 0.6 is 0 Å². The molecule has 7 nitrogen and oxygen atoms in total.